The first-order chi connectivity index (χ1) is 18.2. The van der Waals surface area contributed by atoms with Crippen molar-refractivity contribution in [3.8, 4) is 17.4 Å². The summed E-state index contributed by atoms with van der Waals surface area (Å²) in [4.78, 5) is 33.8. The fourth-order valence-electron chi connectivity index (χ4n) is 4.42. The summed E-state index contributed by atoms with van der Waals surface area (Å²) in [6, 6.07) is 4.00. The number of ether oxygens (including phenoxy) is 1. The molecule has 11 nitrogen and oxygen atoms in total. The van der Waals surface area contributed by atoms with Crippen molar-refractivity contribution >= 4 is 23.2 Å². The number of rotatable bonds is 6. The predicted octanol–water partition coefficient (Wildman–Crippen LogP) is 2.71. The second-order valence-corrected chi connectivity index (χ2v) is 8.92. The van der Waals surface area contributed by atoms with E-state index in [1.165, 1.54) is 35.6 Å². The Labute approximate surface area is 214 Å². The number of nitrogens with one attached hydrogen (secondary N) is 1. The van der Waals surface area contributed by atoms with Gasteiger partial charge in [-0.15, -0.1) is 0 Å². The Bertz CT molecular complexity index is 1310. The monoisotopic (exact) mass is 531 g/mol. The third-order valence-corrected chi connectivity index (χ3v) is 6.24. The molecule has 2 aliphatic rings. The zero-order chi connectivity index (χ0) is 26.9. The topological polar surface area (TPSA) is 137 Å². The highest BCUT2D eigenvalue weighted by Crippen LogP contribution is 2.39. The molecule has 0 saturated carbocycles. The first kappa shape index (κ1) is 25.6. The number of hydrogen-bond donors (Lipinski definition) is 3. The third-order valence-electron chi connectivity index (χ3n) is 6.24. The molecule has 200 valence electrons. The minimum Gasteiger partial charge on any atom is -0.461 e. The van der Waals surface area contributed by atoms with Crippen molar-refractivity contribution in [2.24, 2.45) is 0 Å². The molecule has 3 aromatic rings. The van der Waals surface area contributed by atoms with Gasteiger partial charge in [-0.25, -0.2) is 24.7 Å². The summed E-state index contributed by atoms with van der Waals surface area (Å²) in [5.74, 6) is 0.378. The van der Waals surface area contributed by atoms with Gasteiger partial charge in [0.05, 0.1) is 48.2 Å². The predicted molar refractivity (Wildman–Crippen MR) is 130 cm³/mol. The van der Waals surface area contributed by atoms with Gasteiger partial charge in [-0.1, -0.05) is 12.1 Å². The maximum absolute atomic E-state index is 13.4. The van der Waals surface area contributed by atoms with Gasteiger partial charge < -0.3 is 25.2 Å². The normalized spacial score (nSPS) is 17.6. The van der Waals surface area contributed by atoms with Crippen molar-refractivity contribution in [1.82, 2.24) is 19.9 Å². The van der Waals surface area contributed by atoms with Crippen LogP contribution in [0.4, 0.5) is 35.2 Å². The largest absolute Gasteiger partial charge is 0.461 e. The molecular weight excluding hydrogens is 507 g/mol. The summed E-state index contributed by atoms with van der Waals surface area (Å²) in [6.45, 7) is 0.663. The van der Waals surface area contributed by atoms with E-state index in [0.717, 1.165) is 31.5 Å². The summed E-state index contributed by atoms with van der Waals surface area (Å²) in [5.41, 5.74) is 0.264. The molecule has 0 aliphatic carbocycles. The SMILES string of the molecule is O=C(Nc1cnc(OC[C@@H](O)CO)nc1)N1c2nc(-c3cccc(C(F)(F)F)c3)ncc2N2CCC[C@H]1C2. The van der Waals surface area contributed by atoms with Crippen molar-refractivity contribution in [1.29, 1.82) is 0 Å². The molecule has 1 aromatic carbocycles. The smallest absolute Gasteiger partial charge is 0.416 e. The van der Waals surface area contributed by atoms with Crippen LogP contribution in [0.2, 0.25) is 0 Å². The average Bonchev–Trinajstić information content (AvgIpc) is 2.92. The molecule has 14 heteroatoms. The van der Waals surface area contributed by atoms with E-state index >= 15 is 0 Å². The lowest BCUT2D eigenvalue weighted by Gasteiger charge is -2.45. The van der Waals surface area contributed by atoms with Gasteiger partial charge in [0, 0.05) is 18.7 Å². The first-order valence-corrected chi connectivity index (χ1v) is 11.9. The van der Waals surface area contributed by atoms with E-state index in [1.807, 2.05) is 0 Å². The molecule has 1 fully saturated rings. The van der Waals surface area contributed by atoms with E-state index in [-0.39, 0.29) is 35.7 Å². The van der Waals surface area contributed by atoms with Gasteiger partial charge in [-0.3, -0.25) is 4.90 Å². The lowest BCUT2D eigenvalue weighted by Crippen LogP contribution is -2.56. The van der Waals surface area contributed by atoms with Crippen LogP contribution >= 0.6 is 0 Å². The van der Waals surface area contributed by atoms with Crippen LogP contribution < -0.4 is 19.9 Å². The molecule has 2 atom stereocenters. The van der Waals surface area contributed by atoms with Gasteiger partial charge in [-0.05, 0) is 25.0 Å². The summed E-state index contributed by atoms with van der Waals surface area (Å²) in [5, 5.41) is 21.0. The lowest BCUT2D eigenvalue weighted by atomic mass is 10.0. The fraction of sp³-hybridized carbons (Fsp3) is 0.375. The van der Waals surface area contributed by atoms with E-state index in [9.17, 15) is 23.1 Å². The average molecular weight is 531 g/mol. The van der Waals surface area contributed by atoms with Crippen LogP contribution in [-0.4, -0.2) is 74.6 Å². The molecule has 2 aromatic heterocycles. The number of piperidine rings is 1. The summed E-state index contributed by atoms with van der Waals surface area (Å²) < 4.78 is 45.0. The highest BCUT2D eigenvalue weighted by molar-refractivity contribution is 6.04. The van der Waals surface area contributed by atoms with Crippen molar-refractivity contribution in [3.05, 3.63) is 48.4 Å². The summed E-state index contributed by atoms with van der Waals surface area (Å²) >= 11 is 0. The molecule has 0 spiro atoms. The maximum Gasteiger partial charge on any atom is 0.416 e. The van der Waals surface area contributed by atoms with Crippen LogP contribution in [0.3, 0.4) is 0 Å². The number of urea groups is 1. The number of amides is 2. The number of anilines is 3. The quantitative estimate of drug-likeness (QED) is 0.439. The Morgan fingerprint density at radius 3 is 2.74 bits per heavy atom. The number of halogens is 3. The van der Waals surface area contributed by atoms with Gasteiger partial charge in [0.1, 0.15) is 12.7 Å². The zero-order valence-corrected chi connectivity index (χ0v) is 20.0. The summed E-state index contributed by atoms with van der Waals surface area (Å²) in [6.07, 6.45) is 0.182. The molecule has 2 aliphatic heterocycles. The van der Waals surface area contributed by atoms with Crippen molar-refractivity contribution in [2.45, 2.75) is 31.2 Å². The first-order valence-electron chi connectivity index (χ1n) is 11.9. The van der Waals surface area contributed by atoms with Gasteiger partial charge in [0.2, 0.25) is 0 Å². The number of aliphatic hydroxyl groups is 2. The van der Waals surface area contributed by atoms with Gasteiger partial charge in [0.15, 0.2) is 11.6 Å². The Kier molecular flexibility index (Phi) is 6.99. The van der Waals surface area contributed by atoms with Crippen LogP contribution in [0.1, 0.15) is 18.4 Å². The molecule has 1 saturated heterocycles. The standard InChI is InChI=1S/C24H24F3N7O4/c25-24(26,27)15-4-1-3-14(7-15)20-28-10-19-21(32-20)34(17-5-2-6-33(19)11-17)23(37)31-16-8-29-22(30-9-16)38-13-18(36)12-35/h1,3-4,7-10,17-18,35-36H,2,5-6,11-13H2,(H,31,37)/t17-,18-/m0/s1. The van der Waals surface area contributed by atoms with Crippen molar-refractivity contribution in [3.63, 3.8) is 0 Å². The van der Waals surface area contributed by atoms with Crippen LogP contribution in [0, 0.1) is 0 Å². The van der Waals surface area contributed by atoms with Crippen molar-refractivity contribution in [2.75, 3.05) is 41.4 Å². The van der Waals surface area contributed by atoms with Crippen LogP contribution in [-0.2, 0) is 6.18 Å². The van der Waals surface area contributed by atoms with E-state index < -0.39 is 30.5 Å². The number of nitrogens with zero attached hydrogens (tertiary/aromatic N) is 6. The Morgan fingerprint density at radius 2 is 2.00 bits per heavy atom. The minimum atomic E-state index is -4.51. The van der Waals surface area contributed by atoms with Gasteiger partial charge in [-0.2, -0.15) is 13.2 Å². The van der Waals surface area contributed by atoms with Crippen LogP contribution in [0.5, 0.6) is 6.01 Å². The molecule has 5 rings (SSSR count). The van der Waals surface area contributed by atoms with E-state index in [4.69, 9.17) is 9.84 Å². The molecule has 4 heterocycles. The Balaban J connectivity index is 1.41. The second-order valence-electron chi connectivity index (χ2n) is 8.92. The molecule has 3 N–H and O–H groups in total. The Hall–Kier alpha value is -4.04. The van der Waals surface area contributed by atoms with E-state index in [2.05, 4.69) is 30.2 Å². The Morgan fingerprint density at radius 1 is 1.21 bits per heavy atom. The second kappa shape index (κ2) is 10.4. The number of carbonyl (C=O) groups excluding carboxylic acids is 1. The molecule has 2 amide bonds. The highest BCUT2D eigenvalue weighted by atomic mass is 19.4. The third kappa shape index (κ3) is 5.31. The number of aliphatic hydroxyl groups excluding tert-OH is 2. The molecule has 0 radical (unpaired) electrons. The minimum absolute atomic E-state index is 0.0415. The van der Waals surface area contributed by atoms with Crippen LogP contribution in [0.25, 0.3) is 11.4 Å². The van der Waals surface area contributed by atoms with Gasteiger partial charge in [0.25, 0.3) is 0 Å². The number of fused-ring (bicyclic) bond motifs is 4. The van der Waals surface area contributed by atoms with E-state index in [0.29, 0.717) is 18.1 Å². The molecule has 0 unspecified atom stereocenters. The van der Waals surface area contributed by atoms with E-state index in [1.54, 1.807) is 0 Å². The van der Waals surface area contributed by atoms with Gasteiger partial charge >= 0.3 is 18.2 Å². The number of carbonyl (C=O) groups is 1. The highest BCUT2D eigenvalue weighted by Gasteiger charge is 2.39. The maximum atomic E-state index is 13.4. The number of hydrogen-bond acceptors (Lipinski definition) is 9. The number of benzene rings is 1. The molecular formula is C24H24F3N7O4. The number of alkyl halides is 3. The fourth-order valence-corrected chi connectivity index (χ4v) is 4.42. The van der Waals surface area contributed by atoms with Crippen molar-refractivity contribution < 1.29 is 32.9 Å². The van der Waals surface area contributed by atoms with Crippen LogP contribution in [0.15, 0.2) is 42.9 Å². The number of aromatic nitrogens is 4. The lowest BCUT2D eigenvalue weighted by molar-refractivity contribution is -0.137. The summed E-state index contributed by atoms with van der Waals surface area (Å²) in [7, 11) is 0. The molecule has 2 bridgehead atoms. The molecule has 38 heavy (non-hydrogen) atoms. The zero-order valence-electron chi connectivity index (χ0n) is 20.0.